The Labute approximate surface area is 687 Å². The summed E-state index contributed by atoms with van der Waals surface area (Å²) in [6.45, 7) is 12.6. The molecular formula is C94H76F24O4. The molecule has 0 saturated heterocycles. The third-order valence-electron chi connectivity index (χ3n) is 19.3. The van der Waals surface area contributed by atoms with E-state index in [4.69, 9.17) is 0 Å². The summed E-state index contributed by atoms with van der Waals surface area (Å²) in [7, 11) is 0. The quantitative estimate of drug-likeness (QED) is 0.0400. The number of hydrogen-bond donors (Lipinski definition) is 0. The summed E-state index contributed by atoms with van der Waals surface area (Å²) in [5.41, 5.74) is -1.88. The second-order valence-electron chi connectivity index (χ2n) is 28.2. The first kappa shape index (κ1) is 94.0. The zero-order chi connectivity index (χ0) is 89.6. The van der Waals surface area contributed by atoms with Crippen LogP contribution in [-0.2, 0) is 50.1 Å². The van der Waals surface area contributed by atoms with Crippen molar-refractivity contribution in [1.29, 1.82) is 0 Å². The van der Waals surface area contributed by atoms with Crippen LogP contribution in [0.25, 0.3) is 44.5 Å². The molecule has 12 rings (SSSR count). The van der Waals surface area contributed by atoms with Crippen LogP contribution in [0.4, 0.5) is 105 Å². The molecule has 0 N–H and O–H groups in total. The van der Waals surface area contributed by atoms with Crippen molar-refractivity contribution in [2.24, 2.45) is 0 Å². The molecule has 0 amide bonds. The number of unbranched alkanes of at least 4 members (excludes halogenated alkanes) is 3. The smallest absolute Gasteiger partial charge is 0.429 e. The molecule has 28 heteroatoms. The standard InChI is InChI=1S/C25H22F6O.C24H20F6O.C23H18F6O.C22H16F6O/c1-3-4-5-6-16-7-9-17(10-8-16)18-11-22(28)24(23(29)12-18)25(30,31)32-19-13-20(26)15(2)21(27)14-19;1-3-4-5-15-6-8-16(9-7-15)17-10-21(27)23(22(28)11-17)24(29,30)31-18-12-19(25)14(2)20(26)13-18;1-3-4-14-5-7-15(8-6-14)16-9-20(26)22(21(27)10-16)23(28,29)30-17-11-18(24)13(2)19(25)12-17;1-3-13-4-6-14(7-5-13)15-8-19(25)21(20(26)9-15)22(27,28)29-16-10-17(23)12(2)18(24)11-16/h7-14H,3-6H2,1-2H3;6-13H,3-5H2,1-2H3;5-12H,3-4H2,1-2H3;4-11H,3H2,1-2H3. The second kappa shape index (κ2) is 40.2. The average Bonchev–Trinajstić information content (AvgIpc) is 0.790. The maximum atomic E-state index is 14.6. The Morgan fingerprint density at radius 1 is 0.205 bits per heavy atom. The van der Waals surface area contributed by atoms with E-state index in [1.54, 1.807) is 72.8 Å². The summed E-state index contributed by atoms with van der Waals surface area (Å²) in [5.74, 6) is -24.9. The predicted molar refractivity (Wildman–Crippen MR) is 415 cm³/mol. The van der Waals surface area contributed by atoms with Crippen molar-refractivity contribution in [1.82, 2.24) is 0 Å². The van der Waals surface area contributed by atoms with E-state index in [0.29, 0.717) is 70.8 Å². The van der Waals surface area contributed by atoms with Gasteiger partial charge >= 0.3 is 24.4 Å². The molecule has 0 radical (unpaired) electrons. The summed E-state index contributed by atoms with van der Waals surface area (Å²) in [4.78, 5) is 0. The SMILES string of the molecule is CCCCCc1ccc(-c2cc(F)c(C(F)(F)Oc3cc(F)c(C)c(F)c3)c(F)c2)cc1.CCCCc1ccc(-c2cc(F)c(C(F)(F)Oc3cc(F)c(C)c(F)c3)c(F)c2)cc1.CCCc1ccc(-c2cc(F)c(C(F)(F)Oc3cc(F)c(C)c(F)c3)c(F)c2)cc1.CCc1ccc(-c2cc(F)c(C(F)(F)Oc3cc(F)c(C)c(F)c3)c(F)c2)cc1. The monoisotopic (exact) mass is 1720 g/mol. The molecule has 4 nitrogen and oxygen atoms in total. The van der Waals surface area contributed by atoms with Crippen LogP contribution in [0.1, 0.15) is 133 Å². The minimum absolute atomic E-state index is 0.0645. The van der Waals surface area contributed by atoms with E-state index in [-0.39, 0.29) is 22.3 Å². The molecule has 0 spiro atoms. The largest absolute Gasteiger partial charge is 0.432 e. The van der Waals surface area contributed by atoms with Crippen LogP contribution in [0.15, 0.2) is 194 Å². The van der Waals surface area contributed by atoms with Crippen molar-refractivity contribution in [3.8, 4) is 67.5 Å². The van der Waals surface area contributed by atoms with Crippen molar-refractivity contribution >= 4 is 0 Å². The second-order valence-corrected chi connectivity index (χ2v) is 28.2. The van der Waals surface area contributed by atoms with Crippen molar-refractivity contribution in [2.75, 3.05) is 0 Å². The summed E-state index contributed by atoms with van der Waals surface area (Å²) >= 11 is 0. The van der Waals surface area contributed by atoms with Crippen LogP contribution in [-0.4, -0.2) is 0 Å². The van der Waals surface area contributed by atoms with Crippen LogP contribution in [0.2, 0.25) is 0 Å². The van der Waals surface area contributed by atoms with Gasteiger partial charge in [0, 0.05) is 70.8 Å². The van der Waals surface area contributed by atoms with Gasteiger partial charge in [0.1, 0.15) is 138 Å². The van der Waals surface area contributed by atoms with Gasteiger partial charge in [0.05, 0.1) is 0 Å². The number of benzene rings is 12. The van der Waals surface area contributed by atoms with Crippen molar-refractivity contribution < 1.29 is 124 Å². The first-order valence-electron chi connectivity index (χ1n) is 37.9. The molecule has 0 aliphatic rings. The molecule has 0 aliphatic carbocycles. The van der Waals surface area contributed by atoms with Crippen LogP contribution in [0.3, 0.4) is 0 Å². The van der Waals surface area contributed by atoms with E-state index in [9.17, 15) is 105 Å². The molecule has 122 heavy (non-hydrogen) atoms. The molecule has 12 aromatic carbocycles. The minimum atomic E-state index is -4.50. The topological polar surface area (TPSA) is 36.9 Å². The van der Waals surface area contributed by atoms with Gasteiger partial charge in [-0.05, 0) is 182 Å². The molecule has 0 atom stereocenters. The number of hydrogen-bond acceptors (Lipinski definition) is 4. The lowest BCUT2D eigenvalue weighted by atomic mass is 9.99. The average molecular weight is 1730 g/mol. The fourth-order valence-corrected chi connectivity index (χ4v) is 12.4. The highest BCUT2D eigenvalue weighted by molar-refractivity contribution is 5.68. The zero-order valence-electron chi connectivity index (χ0n) is 66.3. The molecule has 12 aromatic rings. The summed E-state index contributed by atoms with van der Waals surface area (Å²) in [6.07, 6.45) is -8.46. The molecule has 0 bridgehead atoms. The van der Waals surface area contributed by atoms with Crippen molar-refractivity contribution in [3.05, 3.63) is 354 Å². The van der Waals surface area contributed by atoms with Gasteiger partial charge in [0.25, 0.3) is 0 Å². The molecule has 0 fully saturated rings. The lowest BCUT2D eigenvalue weighted by Crippen LogP contribution is -2.25. The van der Waals surface area contributed by atoms with Crippen LogP contribution in [0.5, 0.6) is 23.0 Å². The Kier molecular flexibility index (Phi) is 31.0. The fourth-order valence-electron chi connectivity index (χ4n) is 12.4. The van der Waals surface area contributed by atoms with Crippen LogP contribution in [0, 0.1) is 121 Å². The molecule has 0 aliphatic heterocycles. The number of halogens is 24. The van der Waals surface area contributed by atoms with Gasteiger partial charge in [-0.15, -0.1) is 0 Å². The molecule has 0 heterocycles. The zero-order valence-corrected chi connectivity index (χ0v) is 66.3. The molecule has 0 unspecified atom stereocenters. The Morgan fingerprint density at radius 2 is 0.393 bits per heavy atom. The summed E-state index contributed by atoms with van der Waals surface area (Å²) in [5, 5.41) is 0. The predicted octanol–water partition coefficient (Wildman–Crippen LogP) is 30.0. The molecule has 644 valence electrons. The number of ether oxygens (including phenoxy) is 4. The highest BCUT2D eigenvalue weighted by Crippen LogP contribution is 2.44. The van der Waals surface area contributed by atoms with E-state index in [1.165, 1.54) is 0 Å². The van der Waals surface area contributed by atoms with E-state index < -0.39 is 185 Å². The Hall–Kier alpha value is -11.8. The number of aryl methyl sites for hydroxylation is 4. The maximum Gasteiger partial charge on any atom is 0.432 e. The maximum absolute atomic E-state index is 14.6. The lowest BCUT2D eigenvalue weighted by Gasteiger charge is -2.20. The number of alkyl halides is 8. The van der Waals surface area contributed by atoms with Gasteiger partial charge in [-0.3, -0.25) is 0 Å². The van der Waals surface area contributed by atoms with Gasteiger partial charge in [-0.1, -0.05) is 150 Å². The Morgan fingerprint density at radius 3 is 0.582 bits per heavy atom. The van der Waals surface area contributed by atoms with Crippen LogP contribution < -0.4 is 18.9 Å². The third-order valence-corrected chi connectivity index (χ3v) is 19.3. The van der Waals surface area contributed by atoms with Gasteiger partial charge in [0.15, 0.2) is 0 Å². The lowest BCUT2D eigenvalue weighted by molar-refractivity contribution is -0.190. The highest BCUT2D eigenvalue weighted by Gasteiger charge is 2.46. The van der Waals surface area contributed by atoms with Crippen LogP contribution >= 0.6 is 0 Å². The molecule has 0 aromatic heterocycles. The minimum Gasteiger partial charge on any atom is -0.429 e. The van der Waals surface area contributed by atoms with Gasteiger partial charge in [0.2, 0.25) is 0 Å². The molecule has 0 saturated carbocycles. The van der Waals surface area contributed by atoms with E-state index in [1.807, 2.05) is 38.1 Å². The van der Waals surface area contributed by atoms with Crippen molar-refractivity contribution in [2.45, 2.75) is 144 Å². The number of rotatable bonds is 26. The van der Waals surface area contributed by atoms with Gasteiger partial charge in [-0.2, -0.15) is 35.1 Å². The normalized spacial score (nSPS) is 11.6. The Bertz CT molecular complexity index is 5480. The fraction of sp³-hybridized carbons (Fsp3) is 0.234. The Balaban J connectivity index is 0.000000185. The third kappa shape index (κ3) is 23.4. The summed E-state index contributed by atoms with van der Waals surface area (Å²) in [6, 6.07) is 37.9. The molecular weight excluding hydrogens is 1650 g/mol. The summed E-state index contributed by atoms with van der Waals surface area (Å²) < 4.78 is 357. The van der Waals surface area contributed by atoms with Crippen molar-refractivity contribution in [3.63, 3.8) is 0 Å². The highest BCUT2D eigenvalue weighted by atomic mass is 19.3. The van der Waals surface area contributed by atoms with E-state index in [2.05, 4.69) is 32.8 Å². The van der Waals surface area contributed by atoms with Gasteiger partial charge < -0.3 is 18.9 Å². The van der Waals surface area contributed by atoms with Gasteiger partial charge in [-0.25, -0.2) is 70.2 Å². The first-order chi connectivity index (χ1) is 57.5. The van der Waals surface area contributed by atoms with E-state index in [0.717, 1.165) is 163 Å². The first-order valence-corrected chi connectivity index (χ1v) is 37.9. The van der Waals surface area contributed by atoms with E-state index >= 15 is 0 Å².